The summed E-state index contributed by atoms with van der Waals surface area (Å²) < 4.78 is 374. The third-order valence-electron chi connectivity index (χ3n) is 14.1. The van der Waals surface area contributed by atoms with Crippen molar-refractivity contribution in [1.82, 2.24) is 14.2 Å². The number of aliphatic hydroxyl groups is 6. The third-order valence-corrected chi connectivity index (χ3v) is 18.0. The van der Waals surface area contributed by atoms with E-state index in [0.29, 0.717) is 0 Å². The van der Waals surface area contributed by atoms with Gasteiger partial charge in [0.25, 0.3) is 0 Å². The molecule has 6 fully saturated rings. The number of fused-ring (bicyclic) bond motifs is 2. The minimum absolute atomic E-state index is 0. The zero-order valence-electron chi connectivity index (χ0n) is 58.5. The molecule has 75 heteroatoms. The standard InChI is InChI=1S/C36H55N3O53S8.11Na/c40-5-1-6(28(46)47)79-34(18(5)90-98(67,68)69)83-20-8(3-77-96(61,62)63)81-32(11(14(20)42)38-94(55,56)57)86-23-17(45)25(92-100(73,74)75)36(89-27(23)30(50)51)85-21-9(4-78-97(64,65)66)82-33(12(15(21)43)39-95(58,59)60)87-22-16(44)24(91-99(70,71)72)35(88-26(22)29(48)49)84-19-7-2-76-31(80-7)10(13(19)41)37-93(52,53)54;;;;;;;;;;;/h1,5,7-27,31-45H,2-4H2,(H,46,47)(H,48,49)(H,50,51)(H,52,53,54)(H,55,56,57)(H,58,59,60)(H,61,62,63)(H,64,65,66)(H,67,68,69)(H,70,71,72)(H,73,74,75);;;;;;;;;;;/q;11*+1/p-11. The van der Waals surface area contributed by atoms with E-state index in [2.05, 4.69) is 20.9 Å². The normalized spacial score (nSPS) is 35.7. The number of hydrogen-bond donors (Lipinski definition) is 9. The molecule has 0 aromatic rings. The summed E-state index contributed by atoms with van der Waals surface area (Å²) in [4.78, 5) is 37.4. The van der Waals surface area contributed by atoms with Crippen LogP contribution >= 0.6 is 0 Å². The molecule has 0 spiro atoms. The van der Waals surface area contributed by atoms with E-state index < -0.39 is 298 Å². The number of aliphatic hydroxyl groups excluding tert-OH is 6. The molecule has 28 unspecified atom stereocenters. The van der Waals surface area contributed by atoms with Crippen molar-refractivity contribution in [3.8, 4) is 0 Å². The Morgan fingerprint density at radius 2 is 0.703 bits per heavy atom. The molecule has 28 atom stereocenters. The van der Waals surface area contributed by atoms with E-state index >= 15 is 0 Å². The molecule has 0 saturated carbocycles. The summed E-state index contributed by atoms with van der Waals surface area (Å²) in [6.45, 7) is -4.77. The Labute approximate surface area is 870 Å². The fraction of sp³-hybridized carbons (Fsp3) is 0.861. The maximum atomic E-state index is 13.0. The zero-order valence-corrected chi connectivity index (χ0v) is 87.0. The van der Waals surface area contributed by atoms with Crippen molar-refractivity contribution in [2.75, 3.05) is 19.8 Å². The van der Waals surface area contributed by atoms with Gasteiger partial charge >= 0.3 is 325 Å². The van der Waals surface area contributed by atoms with Crippen molar-refractivity contribution in [1.29, 1.82) is 0 Å². The van der Waals surface area contributed by atoms with Gasteiger partial charge < -0.3 is 154 Å². The van der Waals surface area contributed by atoms with E-state index in [1.165, 1.54) is 4.72 Å². The Bertz CT molecular complexity index is 4010. The van der Waals surface area contributed by atoms with Crippen LogP contribution in [0.15, 0.2) is 11.8 Å². The fourth-order valence-electron chi connectivity index (χ4n) is 10.3. The summed E-state index contributed by atoms with van der Waals surface area (Å²) in [5, 5.41) is 106. The van der Waals surface area contributed by atoms with Gasteiger partial charge in [0.05, 0.1) is 31.8 Å². The van der Waals surface area contributed by atoms with Crippen LogP contribution in [0, 0.1) is 0 Å². The number of carbonyl (C=O) groups is 3. The van der Waals surface area contributed by atoms with Crippen molar-refractivity contribution in [2.45, 2.75) is 172 Å². The summed E-state index contributed by atoms with van der Waals surface area (Å²) in [5.74, 6) is -9.52. The minimum atomic E-state index is -6.60. The Balaban J connectivity index is -0.00000340. The quantitative estimate of drug-likeness (QED) is 0.0177. The third kappa shape index (κ3) is 38.1. The van der Waals surface area contributed by atoms with Gasteiger partial charge in [-0.25, -0.2) is 81.5 Å². The van der Waals surface area contributed by atoms with Crippen LogP contribution in [0.4, 0.5) is 0 Å². The fourth-order valence-corrected chi connectivity index (χ4v) is 14.1. The summed E-state index contributed by atoms with van der Waals surface area (Å²) in [5.41, 5.74) is 0. The first-order valence-electron chi connectivity index (χ1n) is 26.1. The van der Waals surface area contributed by atoms with Crippen molar-refractivity contribution in [3.63, 3.8) is 0 Å². The number of nitrogens with one attached hydrogen (secondary N) is 3. The molecule has 580 valence electrons. The van der Waals surface area contributed by atoms with Gasteiger partial charge in [-0.2, -0.15) is 0 Å². The average molecular weight is 1880 g/mol. The molecule has 7 heterocycles. The molecule has 0 aliphatic carbocycles. The number of carbonyl (C=O) groups excluding carboxylic acids is 3. The Morgan fingerprint density at radius 1 is 0.387 bits per heavy atom. The maximum Gasteiger partial charge on any atom is 1.00 e. The summed E-state index contributed by atoms with van der Waals surface area (Å²) in [7, 11) is -49.4. The molecular formula is C36H44N3Na11O53S8. The molecule has 7 rings (SSSR count). The first-order valence-corrected chi connectivity index (χ1v) is 36.9. The topological polar surface area (TPSA) is 892 Å². The van der Waals surface area contributed by atoms with Gasteiger partial charge in [-0.1, -0.05) is 0 Å². The molecule has 0 radical (unpaired) electrons. The van der Waals surface area contributed by atoms with Crippen LogP contribution in [-0.2, 0) is 175 Å². The second-order valence-corrected chi connectivity index (χ2v) is 29.4. The average Bonchev–Trinajstić information content (AvgIpc) is 1.57. The first kappa shape index (κ1) is 127. The second-order valence-electron chi connectivity index (χ2n) is 20.8. The number of hydrogen-bond acceptors (Lipinski definition) is 53. The SMILES string of the molecule is O=C([O-])C1=CC(O)C(OS(=O)(=O)[O-])C(OC2C(COS(=O)(=O)[O-])OC(OC3C(C(=O)[O-])OC(OC4C(COS(=O)(=O)[O-])OC(OC5C(C(=O)[O-])OC(OC6C7COC(O7)C(NS(=O)(=O)[O-])C6O)C(OS(=O)(=O)[O-])C5O)C(NS(=O)(=O)[O-])C4O)C(OS(=O)(=O)[O-])C3O)C(NS(=O)(=O)[O-])C2O)O1.[Na+].[Na+].[Na+].[Na+].[Na+].[Na+].[Na+].[Na+].[Na+].[Na+].[Na+]. The molecule has 7 aliphatic heterocycles. The Hall–Kier alpha value is 7.23. The molecular weight excluding hydrogens is 1830 g/mol. The number of carboxylic acids is 3. The van der Waals surface area contributed by atoms with Crippen LogP contribution in [0.3, 0.4) is 0 Å². The predicted molar refractivity (Wildman–Crippen MR) is 263 cm³/mol. The van der Waals surface area contributed by atoms with Crippen molar-refractivity contribution >= 4 is 101 Å². The van der Waals surface area contributed by atoms with E-state index in [1.54, 1.807) is 0 Å². The monoisotopic (exact) mass is 1870 g/mol. The van der Waals surface area contributed by atoms with E-state index in [9.17, 15) is 164 Å². The predicted octanol–water partition coefficient (Wildman–Crippen LogP) is -54.0. The van der Waals surface area contributed by atoms with Gasteiger partial charge in [0.2, 0.25) is 58.3 Å². The van der Waals surface area contributed by atoms with Crippen LogP contribution in [0.2, 0.25) is 0 Å². The van der Waals surface area contributed by atoms with E-state index in [0.717, 1.165) is 9.44 Å². The molecule has 0 amide bonds. The molecule has 6 saturated heterocycles. The molecule has 56 nitrogen and oxygen atoms in total. The van der Waals surface area contributed by atoms with Crippen LogP contribution < -0.4 is 355 Å². The molecule has 0 aromatic carbocycles. The maximum absolute atomic E-state index is 13.0. The van der Waals surface area contributed by atoms with Crippen LogP contribution in [-0.4, -0.2) is 344 Å². The number of ether oxygens (including phenoxy) is 12. The molecule has 2 bridgehead atoms. The van der Waals surface area contributed by atoms with Gasteiger partial charge in [-0.15, -0.1) is 0 Å². The van der Waals surface area contributed by atoms with Crippen LogP contribution in [0.25, 0.3) is 0 Å². The smallest absolute Gasteiger partial charge is 0.735 e. The summed E-state index contributed by atoms with van der Waals surface area (Å²) >= 11 is 0. The second kappa shape index (κ2) is 51.6. The van der Waals surface area contributed by atoms with Crippen molar-refractivity contribution in [2.24, 2.45) is 0 Å². The molecule has 7 aliphatic rings. The van der Waals surface area contributed by atoms with Gasteiger partial charge in [0.1, 0.15) is 128 Å². The van der Waals surface area contributed by atoms with Gasteiger partial charge in [0, 0.05) is 0 Å². The summed E-state index contributed by atoms with van der Waals surface area (Å²) in [6.07, 6.45) is -74.2. The Kier molecular flexibility index (Phi) is 58.9. The van der Waals surface area contributed by atoms with E-state index in [4.69, 9.17) is 56.8 Å². The van der Waals surface area contributed by atoms with Crippen LogP contribution in [0.1, 0.15) is 0 Å². The molecule has 111 heavy (non-hydrogen) atoms. The summed E-state index contributed by atoms with van der Waals surface area (Å²) in [6, 6.07) is -8.47. The zero-order chi connectivity index (χ0) is 75.4. The minimum Gasteiger partial charge on any atom is -0.735 e. The Morgan fingerprint density at radius 3 is 1.03 bits per heavy atom. The van der Waals surface area contributed by atoms with E-state index in [-0.39, 0.29) is 331 Å². The molecule has 9 N–H and O–H groups in total. The van der Waals surface area contributed by atoms with E-state index in [1.807, 2.05) is 0 Å². The first-order chi connectivity index (χ1) is 45.5. The van der Waals surface area contributed by atoms with Crippen LogP contribution in [0.5, 0.6) is 0 Å². The van der Waals surface area contributed by atoms with Gasteiger partial charge in [-0.3, -0.25) is 20.9 Å². The molecule has 0 aromatic heterocycles. The van der Waals surface area contributed by atoms with Gasteiger partial charge in [-0.05, 0) is 6.08 Å². The number of rotatable bonds is 31. The van der Waals surface area contributed by atoms with Crippen molar-refractivity contribution < 1.29 is 567 Å². The van der Waals surface area contributed by atoms with Gasteiger partial charge in [0.15, 0.2) is 80.7 Å². The largest absolute Gasteiger partial charge is 1.00 e. The number of aliphatic carboxylic acids is 3. The van der Waals surface area contributed by atoms with Crippen molar-refractivity contribution in [3.05, 3.63) is 11.8 Å². The number of carboxylic acid groups (broad SMARTS) is 3.